The minimum absolute atomic E-state index is 0. The predicted octanol–water partition coefficient (Wildman–Crippen LogP) is 5.32. The van der Waals surface area contributed by atoms with E-state index in [1.165, 1.54) is 21.5 Å². The Labute approximate surface area is 166 Å². The summed E-state index contributed by atoms with van der Waals surface area (Å²) in [5.41, 5.74) is 2.70. The largest absolute Gasteiger partial charge is 0.544 e. The van der Waals surface area contributed by atoms with Gasteiger partial charge < -0.3 is 4.43 Å². The maximum absolute atomic E-state index is 6.54. The first-order valence-corrected chi connectivity index (χ1v) is 13.1. The second-order valence-electron chi connectivity index (χ2n) is 6.73. The van der Waals surface area contributed by atoms with E-state index in [1.807, 2.05) is 0 Å². The number of hydrogen-bond donors (Lipinski definition) is 0. The van der Waals surface area contributed by atoms with Crippen LogP contribution >= 0.6 is 23.2 Å². The van der Waals surface area contributed by atoms with Gasteiger partial charge in [0, 0.05) is 49.1 Å². The van der Waals surface area contributed by atoms with Crippen molar-refractivity contribution in [1.29, 1.82) is 0 Å². The minimum Gasteiger partial charge on any atom is -0.544 e. The first-order valence-electron chi connectivity index (χ1n) is 7.56. The van der Waals surface area contributed by atoms with Gasteiger partial charge in [-0.15, -0.1) is 0 Å². The molecule has 6 heteroatoms. The van der Waals surface area contributed by atoms with Gasteiger partial charge >= 0.3 is 0 Å². The summed E-state index contributed by atoms with van der Waals surface area (Å²) < 4.78 is 6.33. The second-order valence-corrected chi connectivity index (χ2v) is 13.8. The summed E-state index contributed by atoms with van der Waals surface area (Å²) >= 11 is 13.0. The molecule has 0 fully saturated rings. The molecule has 120 valence electrons. The molecule has 22 heavy (non-hydrogen) atoms. The third kappa shape index (κ3) is 4.83. The zero-order valence-electron chi connectivity index (χ0n) is 14.1. The zero-order valence-corrected chi connectivity index (χ0v) is 20.5. The van der Waals surface area contributed by atoms with Gasteiger partial charge in [0.25, 0.3) is 0 Å². The molecule has 0 aromatic heterocycles. The summed E-state index contributed by atoms with van der Waals surface area (Å²) in [5.74, 6) is 1.09. The fraction of sp³-hybridized carbons (Fsp3) is 0.500. The Bertz CT molecular complexity index is 583. The molecule has 2 rings (SSSR count). The van der Waals surface area contributed by atoms with Crippen LogP contribution in [0.5, 0.6) is 0 Å². The van der Waals surface area contributed by atoms with Crippen molar-refractivity contribution in [2.24, 2.45) is 0 Å². The monoisotopic (exact) mass is 448 g/mol. The van der Waals surface area contributed by atoms with Gasteiger partial charge in [-0.05, 0) is 49.0 Å². The Kier molecular flexibility index (Phi) is 7.68. The molecular weight excluding hydrogens is 426 g/mol. The summed E-state index contributed by atoms with van der Waals surface area (Å²) in [6.45, 7) is 11.0. The Morgan fingerprint density at radius 1 is 1.18 bits per heavy atom. The van der Waals surface area contributed by atoms with Crippen LogP contribution in [-0.4, -0.2) is 17.8 Å². The molecule has 0 spiro atoms. The Balaban J connectivity index is 0.00000242. The molecule has 1 nitrogen and oxygen atoms in total. The molecule has 0 bridgehead atoms. The number of halogens is 2. The van der Waals surface area contributed by atoms with Crippen LogP contribution in [0.25, 0.3) is 0 Å². The van der Waals surface area contributed by atoms with Gasteiger partial charge in [0.2, 0.25) is 8.32 Å². The van der Waals surface area contributed by atoms with Crippen molar-refractivity contribution in [3.63, 3.8) is 0 Å². The van der Waals surface area contributed by atoms with Crippen LogP contribution in [-0.2, 0) is 30.6 Å². The molecule has 0 heterocycles. The van der Waals surface area contributed by atoms with E-state index in [2.05, 4.69) is 39.6 Å². The molecule has 0 N–H and O–H groups in total. The van der Waals surface area contributed by atoms with Gasteiger partial charge in [-0.1, -0.05) is 41.8 Å². The molecule has 0 saturated heterocycles. The van der Waals surface area contributed by atoms with Gasteiger partial charge in [0.05, 0.1) is 9.52 Å². The van der Waals surface area contributed by atoms with Crippen LogP contribution in [0.4, 0.5) is 0 Å². The Hall–Kier alpha value is 0.657. The van der Waals surface area contributed by atoms with E-state index in [-0.39, 0.29) is 26.2 Å². The van der Waals surface area contributed by atoms with E-state index in [0.717, 1.165) is 35.1 Å². The summed E-state index contributed by atoms with van der Waals surface area (Å²) in [6.07, 6.45) is 5.06. The van der Waals surface area contributed by atoms with Crippen molar-refractivity contribution < 1.29 is 30.6 Å². The average Bonchev–Trinajstić information content (AvgIpc) is 2.83. The Morgan fingerprint density at radius 3 is 2.36 bits per heavy atom. The van der Waals surface area contributed by atoms with Gasteiger partial charge in [-0.3, -0.25) is 0 Å². The van der Waals surface area contributed by atoms with Crippen molar-refractivity contribution in [2.45, 2.75) is 52.8 Å². The van der Waals surface area contributed by atoms with E-state index in [1.54, 1.807) is 0 Å². The van der Waals surface area contributed by atoms with Gasteiger partial charge in [-0.25, -0.2) is 0 Å². The molecule has 0 atom stereocenters. The van der Waals surface area contributed by atoms with Crippen LogP contribution in [0, 0.1) is 0 Å². The van der Waals surface area contributed by atoms with Crippen molar-refractivity contribution in [3.8, 4) is 0 Å². The summed E-state index contributed by atoms with van der Waals surface area (Å²) in [4.78, 5) is 0. The molecule has 0 unspecified atom stereocenters. The fourth-order valence-corrected chi connectivity index (χ4v) is 6.91. The van der Waals surface area contributed by atoms with E-state index >= 15 is 0 Å². The minimum atomic E-state index is -1.63. The molecule has 0 amide bonds. The van der Waals surface area contributed by atoms with E-state index in [9.17, 15) is 0 Å². The third-order valence-corrected chi connectivity index (χ3v) is 8.14. The summed E-state index contributed by atoms with van der Waals surface area (Å²) in [7, 11) is -2.30. The molecule has 0 aromatic carbocycles. The van der Waals surface area contributed by atoms with Crippen LogP contribution < -0.4 is 0 Å². The molecule has 0 aromatic rings. The number of hydrogen-bond acceptors (Lipinski definition) is 1. The van der Waals surface area contributed by atoms with Gasteiger partial charge in [-0.2, -0.15) is 0 Å². The Morgan fingerprint density at radius 2 is 1.82 bits per heavy atom. The van der Waals surface area contributed by atoms with E-state index < -0.39 is 17.8 Å². The van der Waals surface area contributed by atoms with Crippen LogP contribution in [0.2, 0.25) is 19.6 Å². The van der Waals surface area contributed by atoms with Crippen LogP contribution in [0.15, 0.2) is 43.4 Å². The quantitative estimate of drug-likeness (QED) is 0.515. The maximum atomic E-state index is 6.54. The van der Waals surface area contributed by atoms with Gasteiger partial charge in [0.15, 0.2) is 0 Å². The number of rotatable bonds is 5. The maximum Gasteiger partial charge on any atom is 0.242 e. The molecule has 2 aliphatic rings. The first kappa shape index (κ1) is 20.7. The predicted molar refractivity (Wildman–Crippen MR) is 99.0 cm³/mol. The van der Waals surface area contributed by atoms with Crippen molar-refractivity contribution >= 4 is 41.0 Å². The van der Waals surface area contributed by atoms with Crippen molar-refractivity contribution in [1.82, 2.24) is 0 Å². The number of allylic oxidation sites excluding steroid dienone is 7. The molecule has 0 aliphatic heterocycles. The molecular formula is C16H24Cl2OSi2Zr. The molecule has 0 radical (unpaired) electrons. The van der Waals surface area contributed by atoms with Crippen molar-refractivity contribution in [2.75, 3.05) is 0 Å². The second kappa shape index (κ2) is 8.16. The van der Waals surface area contributed by atoms with Crippen molar-refractivity contribution in [3.05, 3.63) is 43.4 Å². The average molecular weight is 451 g/mol. The molecule has 2 aliphatic carbocycles. The standard InChI is InChI=1S/C16H24Cl2OSi2.Zr/c1-6-11-7-8-12(17)15(11)20-16-13(18)9-10(2)14(16)19-21(3,4)5;/h7H,6,8-9,20H2,1-5H3;. The third-order valence-electron chi connectivity index (χ3n) is 3.79. The summed E-state index contributed by atoms with van der Waals surface area (Å²) in [6, 6.07) is 0. The van der Waals surface area contributed by atoms with E-state index in [0.29, 0.717) is 0 Å². The van der Waals surface area contributed by atoms with E-state index in [4.69, 9.17) is 27.6 Å². The smallest absolute Gasteiger partial charge is 0.242 e. The zero-order chi connectivity index (χ0) is 15.8. The molecule has 0 saturated carbocycles. The normalized spacial score (nSPS) is 19.5. The summed E-state index contributed by atoms with van der Waals surface area (Å²) in [5, 5.41) is 4.67. The topological polar surface area (TPSA) is 9.23 Å². The van der Waals surface area contributed by atoms with Gasteiger partial charge in [0.1, 0.15) is 5.76 Å². The van der Waals surface area contributed by atoms with Crippen LogP contribution in [0.3, 0.4) is 0 Å². The van der Waals surface area contributed by atoms with Crippen LogP contribution in [0.1, 0.15) is 33.1 Å². The SMILES string of the molecule is CCC1=CCC(Cl)=C1[SiH2]C1=C(Cl)CC(C)=C1O[Si](C)(C)C.[Zr]. The fourth-order valence-electron chi connectivity index (χ4n) is 2.81. The first-order chi connectivity index (χ1) is 9.73.